The fourth-order valence-corrected chi connectivity index (χ4v) is 3.59. The predicted octanol–water partition coefficient (Wildman–Crippen LogP) is 4.58. The Bertz CT molecular complexity index is 1140. The molecule has 2 aromatic rings. The van der Waals surface area contributed by atoms with Crippen LogP contribution in [0.4, 0.5) is 36.4 Å². The highest BCUT2D eigenvalue weighted by atomic mass is 19.4. The average molecular weight is 500 g/mol. The van der Waals surface area contributed by atoms with Gasteiger partial charge in [-0.25, -0.2) is 4.39 Å². The minimum Gasteiger partial charge on any atom is -0.496 e. The van der Waals surface area contributed by atoms with Crippen molar-refractivity contribution >= 4 is 5.69 Å². The zero-order valence-corrected chi connectivity index (χ0v) is 17.9. The molecule has 0 saturated carbocycles. The van der Waals surface area contributed by atoms with E-state index in [1.54, 1.807) is 0 Å². The number of rotatable bonds is 7. The lowest BCUT2D eigenvalue weighted by Crippen LogP contribution is -2.53. The molecule has 1 heterocycles. The maximum absolute atomic E-state index is 14.0. The molecule has 7 nitrogen and oxygen atoms in total. The minimum atomic E-state index is -5.51. The second-order valence-corrected chi connectivity index (χ2v) is 8.24. The van der Waals surface area contributed by atoms with E-state index in [0.717, 1.165) is 18.2 Å². The van der Waals surface area contributed by atoms with E-state index in [1.807, 2.05) is 0 Å². The molecule has 188 valence electrons. The van der Waals surface area contributed by atoms with E-state index < -0.39 is 63.9 Å². The zero-order valence-electron chi connectivity index (χ0n) is 17.9. The normalized spacial score (nSPS) is 14.6. The molecule has 1 N–H and O–H groups in total. The number of nitro groups is 1. The van der Waals surface area contributed by atoms with Crippen LogP contribution in [-0.2, 0) is 18.1 Å². The molecule has 0 amide bonds. The van der Waals surface area contributed by atoms with E-state index in [9.17, 15) is 50.7 Å². The van der Waals surface area contributed by atoms with Crippen molar-refractivity contribution in [1.82, 2.24) is 4.57 Å². The SMILES string of the molecule is COc1ccc(F)cc1C(C)(C)CC(O)(Cn1cc(C(F)(F)F)cc([N+](=O)[O-])c1=O)C(F)(F)F. The number of hydrogen-bond donors (Lipinski definition) is 1. The Morgan fingerprint density at radius 3 is 2.18 bits per heavy atom. The summed E-state index contributed by atoms with van der Waals surface area (Å²) in [6.07, 6.45) is -12.0. The Kier molecular flexibility index (Phi) is 7.08. The molecule has 0 aliphatic heterocycles. The number of benzene rings is 1. The summed E-state index contributed by atoms with van der Waals surface area (Å²) >= 11 is 0. The lowest BCUT2D eigenvalue weighted by Gasteiger charge is -2.38. The van der Waals surface area contributed by atoms with Crippen molar-refractivity contribution in [3.63, 3.8) is 0 Å². The lowest BCUT2D eigenvalue weighted by atomic mass is 9.74. The molecule has 1 unspecified atom stereocenters. The molecule has 0 aliphatic carbocycles. The topological polar surface area (TPSA) is 94.6 Å². The van der Waals surface area contributed by atoms with Gasteiger partial charge < -0.3 is 14.4 Å². The number of alkyl halides is 6. The maximum atomic E-state index is 14.0. The van der Waals surface area contributed by atoms with Crippen LogP contribution in [0.5, 0.6) is 5.75 Å². The number of pyridine rings is 1. The summed E-state index contributed by atoms with van der Waals surface area (Å²) in [6, 6.07) is 2.89. The van der Waals surface area contributed by atoms with Gasteiger partial charge in [0.2, 0.25) is 0 Å². The smallest absolute Gasteiger partial charge is 0.418 e. The molecule has 14 heteroatoms. The van der Waals surface area contributed by atoms with Gasteiger partial charge in [0.15, 0.2) is 5.60 Å². The van der Waals surface area contributed by atoms with Crippen molar-refractivity contribution in [3.05, 3.63) is 67.9 Å². The van der Waals surface area contributed by atoms with Gasteiger partial charge in [0.25, 0.3) is 0 Å². The van der Waals surface area contributed by atoms with Gasteiger partial charge in [0.1, 0.15) is 11.6 Å². The summed E-state index contributed by atoms with van der Waals surface area (Å²) in [5.74, 6) is -0.855. The number of aromatic nitrogens is 1. The first-order valence-corrected chi connectivity index (χ1v) is 9.41. The van der Waals surface area contributed by atoms with Gasteiger partial charge in [-0.2, -0.15) is 26.3 Å². The van der Waals surface area contributed by atoms with E-state index >= 15 is 0 Å². The first-order chi connectivity index (χ1) is 15.3. The Morgan fingerprint density at radius 2 is 1.71 bits per heavy atom. The second-order valence-electron chi connectivity index (χ2n) is 8.24. The number of halogens is 7. The molecule has 0 radical (unpaired) electrons. The van der Waals surface area contributed by atoms with Crippen molar-refractivity contribution in [2.24, 2.45) is 0 Å². The van der Waals surface area contributed by atoms with Gasteiger partial charge in [0.05, 0.1) is 24.1 Å². The van der Waals surface area contributed by atoms with Crippen LogP contribution in [0, 0.1) is 15.9 Å². The number of methoxy groups -OCH3 is 1. The molecule has 1 aromatic heterocycles. The van der Waals surface area contributed by atoms with Gasteiger partial charge in [-0.15, -0.1) is 0 Å². The fourth-order valence-electron chi connectivity index (χ4n) is 3.59. The third-order valence-corrected chi connectivity index (χ3v) is 5.18. The highest BCUT2D eigenvalue weighted by molar-refractivity contribution is 5.40. The van der Waals surface area contributed by atoms with Crippen LogP contribution in [0.15, 0.2) is 35.3 Å². The lowest BCUT2D eigenvalue weighted by molar-refractivity contribution is -0.386. The van der Waals surface area contributed by atoms with E-state index in [2.05, 4.69) is 0 Å². The summed E-state index contributed by atoms with van der Waals surface area (Å²) in [7, 11) is 1.17. The van der Waals surface area contributed by atoms with Crippen LogP contribution in [0.3, 0.4) is 0 Å². The molecular formula is C20H19F7N2O5. The van der Waals surface area contributed by atoms with E-state index in [0.29, 0.717) is 0 Å². The van der Waals surface area contributed by atoms with E-state index in [1.165, 1.54) is 21.0 Å². The third-order valence-electron chi connectivity index (χ3n) is 5.18. The Morgan fingerprint density at radius 1 is 1.12 bits per heavy atom. The molecule has 1 atom stereocenters. The number of aliphatic hydroxyl groups is 1. The van der Waals surface area contributed by atoms with Crippen molar-refractivity contribution in [2.45, 2.75) is 50.2 Å². The number of hydrogen-bond acceptors (Lipinski definition) is 5. The molecular weight excluding hydrogens is 481 g/mol. The first-order valence-electron chi connectivity index (χ1n) is 9.41. The van der Waals surface area contributed by atoms with Crippen molar-refractivity contribution in [2.75, 3.05) is 7.11 Å². The van der Waals surface area contributed by atoms with Crippen molar-refractivity contribution < 1.29 is 45.5 Å². The first kappa shape index (κ1) is 27.1. The predicted molar refractivity (Wildman–Crippen MR) is 104 cm³/mol. The summed E-state index contributed by atoms with van der Waals surface area (Å²) in [5.41, 5.74) is -10.8. The highest BCUT2D eigenvalue weighted by Gasteiger charge is 2.57. The molecule has 0 bridgehead atoms. The molecule has 1 aromatic carbocycles. The third kappa shape index (κ3) is 5.48. The molecule has 34 heavy (non-hydrogen) atoms. The highest BCUT2D eigenvalue weighted by Crippen LogP contribution is 2.44. The van der Waals surface area contributed by atoms with Crippen LogP contribution in [0.2, 0.25) is 0 Å². The summed E-state index contributed by atoms with van der Waals surface area (Å²) in [6.45, 7) is 0.595. The number of ether oxygens (including phenoxy) is 1. The van der Waals surface area contributed by atoms with Crippen LogP contribution in [0.25, 0.3) is 0 Å². The van der Waals surface area contributed by atoms with Crippen molar-refractivity contribution in [3.8, 4) is 5.75 Å². The fraction of sp³-hybridized carbons (Fsp3) is 0.450. The van der Waals surface area contributed by atoms with Crippen LogP contribution in [-0.4, -0.2) is 33.5 Å². The van der Waals surface area contributed by atoms with Crippen molar-refractivity contribution in [1.29, 1.82) is 0 Å². The summed E-state index contributed by atoms with van der Waals surface area (Å²) in [5, 5.41) is 21.6. The zero-order chi connectivity index (χ0) is 26.3. The monoisotopic (exact) mass is 500 g/mol. The van der Waals surface area contributed by atoms with Gasteiger partial charge in [-0.1, -0.05) is 13.8 Å². The number of nitrogens with zero attached hydrogens (tertiary/aromatic N) is 2. The Hall–Kier alpha value is -3.16. The quantitative estimate of drug-likeness (QED) is 0.341. The van der Waals surface area contributed by atoms with Gasteiger partial charge in [-0.3, -0.25) is 14.9 Å². The van der Waals surface area contributed by atoms with E-state index in [4.69, 9.17) is 4.74 Å². The molecule has 2 rings (SSSR count). The molecule has 0 fully saturated rings. The Labute approximate surface area is 187 Å². The standard InChI is InChI=1S/C20H19F7N2O5/c1-17(2,13-7-12(21)4-5-15(13)34-3)9-18(31,20(25,26)27)10-28-8-11(19(22,23)24)6-14(16(28)30)29(32)33/h4-8,31H,9-10H2,1-3H3. The largest absolute Gasteiger partial charge is 0.496 e. The van der Waals surface area contributed by atoms with Gasteiger partial charge in [0, 0.05) is 17.8 Å². The van der Waals surface area contributed by atoms with Gasteiger partial charge in [-0.05, 0) is 30.0 Å². The molecule has 0 spiro atoms. The molecule has 0 aliphatic rings. The second kappa shape index (κ2) is 8.89. The van der Waals surface area contributed by atoms with Gasteiger partial charge >= 0.3 is 23.6 Å². The maximum Gasteiger partial charge on any atom is 0.418 e. The Balaban J connectivity index is 2.66. The average Bonchev–Trinajstić information content (AvgIpc) is 2.67. The summed E-state index contributed by atoms with van der Waals surface area (Å²) < 4.78 is 100. The summed E-state index contributed by atoms with van der Waals surface area (Å²) in [4.78, 5) is 21.8. The minimum absolute atomic E-state index is 0.0252. The van der Waals surface area contributed by atoms with Crippen LogP contribution >= 0.6 is 0 Å². The molecule has 0 saturated heterocycles. The van der Waals surface area contributed by atoms with Crippen LogP contribution in [0.1, 0.15) is 31.4 Å². The van der Waals surface area contributed by atoms with E-state index in [-0.39, 0.29) is 28.1 Å². The van der Waals surface area contributed by atoms with Crippen LogP contribution < -0.4 is 10.3 Å².